The summed E-state index contributed by atoms with van der Waals surface area (Å²) >= 11 is 0. The number of nitrogens with zero attached hydrogens (tertiary/aromatic N) is 1. The molecule has 4 nitrogen and oxygen atoms in total. The highest BCUT2D eigenvalue weighted by Gasteiger charge is 2.30. The minimum atomic E-state index is -0.991. The smallest absolute Gasteiger partial charge is 0.335 e. The van der Waals surface area contributed by atoms with E-state index in [-0.39, 0.29) is 23.9 Å². The Balaban J connectivity index is 1.81. The predicted molar refractivity (Wildman–Crippen MR) is 92.0 cm³/mol. The minimum absolute atomic E-state index is 0.00675. The first-order chi connectivity index (χ1) is 11.6. The normalized spacial score (nSPS) is 17.0. The molecule has 124 valence electrons. The molecule has 1 heterocycles. The maximum atomic E-state index is 12.8. The topological polar surface area (TPSA) is 57.6 Å². The van der Waals surface area contributed by atoms with Crippen LogP contribution in [0.25, 0.3) is 0 Å². The van der Waals surface area contributed by atoms with E-state index in [4.69, 9.17) is 0 Å². The van der Waals surface area contributed by atoms with Gasteiger partial charge in [0.1, 0.15) is 0 Å². The van der Waals surface area contributed by atoms with E-state index in [1.54, 1.807) is 24.3 Å². The molecule has 0 bridgehead atoms. The SMILES string of the molecule is Cc1cccc(C2CCCN2C(=O)Cc2ccccc2C(=O)O)c1. The molecular weight excluding hydrogens is 302 g/mol. The van der Waals surface area contributed by atoms with E-state index < -0.39 is 5.97 Å². The average Bonchev–Trinajstić information content (AvgIpc) is 3.05. The molecule has 0 aromatic heterocycles. The number of aromatic carboxylic acids is 1. The molecule has 1 N–H and O–H groups in total. The van der Waals surface area contributed by atoms with Crippen LogP contribution in [0.4, 0.5) is 0 Å². The van der Waals surface area contributed by atoms with Gasteiger partial charge in [-0.1, -0.05) is 48.0 Å². The zero-order chi connectivity index (χ0) is 17.1. The zero-order valence-electron chi connectivity index (χ0n) is 13.7. The standard InChI is InChI=1S/C20H21NO3/c1-14-6-4-8-16(12-14)18-10-5-11-21(18)19(22)13-15-7-2-3-9-17(15)20(23)24/h2-4,6-9,12,18H,5,10-11,13H2,1H3,(H,23,24). The largest absolute Gasteiger partial charge is 0.478 e. The summed E-state index contributed by atoms with van der Waals surface area (Å²) in [5.41, 5.74) is 3.12. The summed E-state index contributed by atoms with van der Waals surface area (Å²) in [6, 6.07) is 15.1. The van der Waals surface area contributed by atoms with Crippen molar-refractivity contribution in [3.8, 4) is 0 Å². The Morgan fingerprint density at radius 3 is 2.71 bits per heavy atom. The van der Waals surface area contributed by atoms with Gasteiger partial charge in [0, 0.05) is 6.54 Å². The summed E-state index contributed by atoms with van der Waals surface area (Å²) < 4.78 is 0. The second kappa shape index (κ2) is 6.87. The van der Waals surface area contributed by atoms with Gasteiger partial charge in [-0.25, -0.2) is 4.79 Å². The molecule has 2 aromatic carbocycles. The van der Waals surface area contributed by atoms with Crippen LogP contribution in [0.1, 0.15) is 45.9 Å². The lowest BCUT2D eigenvalue weighted by Crippen LogP contribution is -2.32. The number of likely N-dealkylation sites (tertiary alicyclic amines) is 1. The van der Waals surface area contributed by atoms with Crippen LogP contribution in [-0.4, -0.2) is 28.4 Å². The van der Waals surface area contributed by atoms with Crippen molar-refractivity contribution in [2.24, 2.45) is 0 Å². The van der Waals surface area contributed by atoms with Crippen molar-refractivity contribution >= 4 is 11.9 Å². The summed E-state index contributed by atoms with van der Waals surface area (Å²) in [7, 11) is 0. The van der Waals surface area contributed by atoms with Crippen LogP contribution in [0.3, 0.4) is 0 Å². The molecule has 2 aromatic rings. The molecule has 1 amide bonds. The summed E-state index contributed by atoms with van der Waals surface area (Å²) in [6.45, 7) is 2.78. The molecule has 0 aliphatic carbocycles. The minimum Gasteiger partial charge on any atom is -0.478 e. The molecule has 0 saturated carbocycles. The summed E-state index contributed by atoms with van der Waals surface area (Å²) in [4.78, 5) is 26.0. The van der Waals surface area contributed by atoms with E-state index in [0.717, 1.165) is 24.9 Å². The summed E-state index contributed by atoms with van der Waals surface area (Å²) in [5.74, 6) is -0.997. The van der Waals surface area contributed by atoms with Crippen LogP contribution in [-0.2, 0) is 11.2 Å². The van der Waals surface area contributed by atoms with Gasteiger partial charge in [-0.15, -0.1) is 0 Å². The van der Waals surface area contributed by atoms with Crippen molar-refractivity contribution in [3.63, 3.8) is 0 Å². The molecule has 0 radical (unpaired) electrons. The Kier molecular flexibility index (Phi) is 4.65. The molecule has 0 spiro atoms. The Morgan fingerprint density at radius 1 is 1.17 bits per heavy atom. The number of hydrogen-bond donors (Lipinski definition) is 1. The Morgan fingerprint density at radius 2 is 1.96 bits per heavy atom. The van der Waals surface area contributed by atoms with Gasteiger partial charge in [-0.2, -0.15) is 0 Å². The van der Waals surface area contributed by atoms with E-state index in [1.807, 2.05) is 24.0 Å². The number of carbonyl (C=O) groups excluding carboxylic acids is 1. The highest BCUT2D eigenvalue weighted by molar-refractivity contribution is 5.91. The van der Waals surface area contributed by atoms with Gasteiger partial charge in [0.05, 0.1) is 18.0 Å². The Hall–Kier alpha value is -2.62. The van der Waals surface area contributed by atoms with Crippen LogP contribution in [0.2, 0.25) is 0 Å². The Labute approximate surface area is 141 Å². The van der Waals surface area contributed by atoms with E-state index in [2.05, 4.69) is 12.1 Å². The molecule has 3 rings (SSSR count). The maximum absolute atomic E-state index is 12.8. The van der Waals surface area contributed by atoms with E-state index in [9.17, 15) is 14.7 Å². The number of amides is 1. The molecule has 1 aliphatic rings. The molecule has 1 atom stereocenters. The Bertz CT molecular complexity index is 769. The first-order valence-electron chi connectivity index (χ1n) is 8.23. The van der Waals surface area contributed by atoms with Gasteiger partial charge in [0.2, 0.25) is 5.91 Å². The third-order valence-corrected chi connectivity index (χ3v) is 4.59. The van der Waals surface area contributed by atoms with Crippen molar-refractivity contribution in [2.75, 3.05) is 6.54 Å². The van der Waals surface area contributed by atoms with E-state index in [0.29, 0.717) is 5.56 Å². The zero-order valence-corrected chi connectivity index (χ0v) is 13.7. The number of rotatable bonds is 4. The van der Waals surface area contributed by atoms with Crippen molar-refractivity contribution < 1.29 is 14.7 Å². The number of carboxylic acid groups (broad SMARTS) is 1. The third-order valence-electron chi connectivity index (χ3n) is 4.59. The molecule has 1 aliphatic heterocycles. The van der Waals surface area contributed by atoms with Gasteiger partial charge in [0.15, 0.2) is 0 Å². The quantitative estimate of drug-likeness (QED) is 0.935. The fourth-order valence-corrected chi connectivity index (χ4v) is 3.44. The second-order valence-electron chi connectivity index (χ2n) is 6.30. The van der Waals surface area contributed by atoms with Crippen LogP contribution < -0.4 is 0 Å². The van der Waals surface area contributed by atoms with Crippen molar-refractivity contribution in [2.45, 2.75) is 32.2 Å². The van der Waals surface area contributed by atoms with Crippen molar-refractivity contribution in [1.82, 2.24) is 4.90 Å². The number of carboxylic acids is 1. The van der Waals surface area contributed by atoms with Gasteiger partial charge < -0.3 is 10.0 Å². The summed E-state index contributed by atoms with van der Waals surface area (Å²) in [5, 5.41) is 9.28. The van der Waals surface area contributed by atoms with Gasteiger partial charge in [-0.3, -0.25) is 4.79 Å². The van der Waals surface area contributed by atoms with Crippen molar-refractivity contribution in [3.05, 3.63) is 70.8 Å². The van der Waals surface area contributed by atoms with Gasteiger partial charge in [-0.05, 0) is 37.0 Å². The molecule has 1 fully saturated rings. The number of hydrogen-bond acceptors (Lipinski definition) is 2. The molecular formula is C20H21NO3. The lowest BCUT2D eigenvalue weighted by molar-refractivity contribution is -0.131. The lowest BCUT2D eigenvalue weighted by Gasteiger charge is -2.25. The number of benzene rings is 2. The average molecular weight is 323 g/mol. The number of aryl methyl sites for hydroxylation is 1. The molecule has 1 saturated heterocycles. The fraction of sp³-hybridized carbons (Fsp3) is 0.300. The first-order valence-corrected chi connectivity index (χ1v) is 8.23. The van der Waals surface area contributed by atoms with Crippen LogP contribution >= 0.6 is 0 Å². The molecule has 4 heteroatoms. The third kappa shape index (κ3) is 3.32. The van der Waals surface area contributed by atoms with E-state index >= 15 is 0 Å². The molecule has 24 heavy (non-hydrogen) atoms. The summed E-state index contributed by atoms with van der Waals surface area (Å²) in [6.07, 6.45) is 2.06. The van der Waals surface area contributed by atoms with Gasteiger partial charge >= 0.3 is 5.97 Å². The van der Waals surface area contributed by atoms with Crippen LogP contribution in [0.5, 0.6) is 0 Å². The highest BCUT2D eigenvalue weighted by Crippen LogP contribution is 2.32. The first kappa shape index (κ1) is 16.2. The van der Waals surface area contributed by atoms with Gasteiger partial charge in [0.25, 0.3) is 0 Å². The second-order valence-corrected chi connectivity index (χ2v) is 6.30. The molecule has 1 unspecified atom stereocenters. The van der Waals surface area contributed by atoms with E-state index in [1.165, 1.54) is 5.56 Å². The predicted octanol–water partition coefficient (Wildman–Crippen LogP) is 3.60. The maximum Gasteiger partial charge on any atom is 0.335 e. The van der Waals surface area contributed by atoms with Crippen LogP contribution in [0, 0.1) is 6.92 Å². The fourth-order valence-electron chi connectivity index (χ4n) is 3.44. The monoisotopic (exact) mass is 323 g/mol. The lowest BCUT2D eigenvalue weighted by atomic mass is 10.0. The highest BCUT2D eigenvalue weighted by atomic mass is 16.4. The number of carbonyl (C=O) groups is 2. The van der Waals surface area contributed by atoms with Crippen molar-refractivity contribution in [1.29, 1.82) is 0 Å². The van der Waals surface area contributed by atoms with Crippen LogP contribution in [0.15, 0.2) is 48.5 Å².